The summed E-state index contributed by atoms with van der Waals surface area (Å²) in [4.78, 5) is 0. The van der Waals surface area contributed by atoms with Gasteiger partial charge in [-0.1, -0.05) is 6.92 Å². The molecule has 2 heterocycles. The van der Waals surface area contributed by atoms with Crippen LogP contribution in [0.15, 0.2) is 4.47 Å². The first kappa shape index (κ1) is 14.0. The van der Waals surface area contributed by atoms with Gasteiger partial charge in [-0.3, -0.25) is 4.68 Å². The number of nitrogens with one attached hydrogen (secondary N) is 1. The Labute approximate surface area is 117 Å². The van der Waals surface area contributed by atoms with Gasteiger partial charge in [0.15, 0.2) is 0 Å². The molecule has 1 aromatic rings. The Hall–Kier alpha value is -0.390. The molecule has 5 heteroatoms. The average Bonchev–Trinajstić information content (AvgIpc) is 2.97. The molecule has 1 saturated heterocycles. The molecule has 0 spiro atoms. The van der Waals surface area contributed by atoms with Crippen molar-refractivity contribution >= 4 is 15.9 Å². The lowest BCUT2D eigenvalue weighted by atomic mass is 10.0. The van der Waals surface area contributed by atoms with Crippen LogP contribution >= 0.6 is 15.9 Å². The second-order valence-corrected chi connectivity index (χ2v) is 5.63. The van der Waals surface area contributed by atoms with Crippen molar-refractivity contribution in [2.45, 2.75) is 44.8 Å². The first-order valence-electron chi connectivity index (χ1n) is 6.66. The summed E-state index contributed by atoms with van der Waals surface area (Å²) >= 11 is 3.68. The highest BCUT2D eigenvalue weighted by Crippen LogP contribution is 2.25. The van der Waals surface area contributed by atoms with Crippen molar-refractivity contribution < 1.29 is 4.74 Å². The zero-order valence-corrected chi connectivity index (χ0v) is 13.0. The lowest BCUT2D eigenvalue weighted by Gasteiger charge is -2.22. The Bertz CT molecular complexity index is 399. The summed E-state index contributed by atoms with van der Waals surface area (Å²) in [5, 5.41) is 7.93. The Morgan fingerprint density at radius 1 is 1.61 bits per heavy atom. The lowest BCUT2D eigenvalue weighted by Crippen LogP contribution is -2.39. The van der Waals surface area contributed by atoms with Gasteiger partial charge in [0.2, 0.25) is 0 Å². The predicted octanol–water partition coefficient (Wildman–Crippen LogP) is 2.05. The second kappa shape index (κ2) is 6.17. The van der Waals surface area contributed by atoms with Crippen LogP contribution in [0.1, 0.15) is 31.2 Å². The number of ether oxygens (including phenoxy) is 1. The van der Waals surface area contributed by atoms with E-state index in [-0.39, 0.29) is 0 Å². The van der Waals surface area contributed by atoms with E-state index < -0.39 is 0 Å². The summed E-state index contributed by atoms with van der Waals surface area (Å²) in [6, 6.07) is 0.365. The Balaban J connectivity index is 2.13. The fourth-order valence-corrected chi connectivity index (χ4v) is 3.37. The number of likely N-dealkylation sites (N-methyl/N-ethyl adjacent to an activating group) is 1. The lowest BCUT2D eigenvalue weighted by molar-refractivity contribution is 0.0802. The maximum atomic E-state index is 5.78. The minimum atomic E-state index is 0.335. The third kappa shape index (κ3) is 2.78. The molecule has 4 nitrogen and oxygen atoms in total. The van der Waals surface area contributed by atoms with E-state index in [1.54, 1.807) is 0 Å². The van der Waals surface area contributed by atoms with Crippen molar-refractivity contribution in [1.82, 2.24) is 15.1 Å². The van der Waals surface area contributed by atoms with Gasteiger partial charge >= 0.3 is 0 Å². The van der Waals surface area contributed by atoms with Gasteiger partial charge in [-0.2, -0.15) is 5.10 Å². The number of rotatable bonds is 5. The van der Waals surface area contributed by atoms with Crippen molar-refractivity contribution in [2.75, 3.05) is 13.7 Å². The van der Waals surface area contributed by atoms with E-state index in [0.717, 1.165) is 36.0 Å². The third-order valence-electron chi connectivity index (χ3n) is 3.70. The molecule has 2 atom stereocenters. The van der Waals surface area contributed by atoms with Crippen LogP contribution in [0.25, 0.3) is 0 Å². The van der Waals surface area contributed by atoms with Gasteiger partial charge in [-0.25, -0.2) is 0 Å². The van der Waals surface area contributed by atoms with E-state index in [0.29, 0.717) is 12.1 Å². The smallest absolute Gasteiger partial charge is 0.0766 e. The molecule has 0 saturated carbocycles. The molecular formula is C13H22BrN3O. The largest absolute Gasteiger partial charge is 0.377 e. The van der Waals surface area contributed by atoms with Crippen LogP contribution in [0.3, 0.4) is 0 Å². The molecule has 0 radical (unpaired) electrons. The SMILES string of the molecule is CCc1nn(C)c(CC(NC)C2CCCO2)c1Br. The molecule has 0 amide bonds. The van der Waals surface area contributed by atoms with Crippen LogP contribution in [-0.2, 0) is 24.6 Å². The molecule has 2 unspecified atom stereocenters. The van der Waals surface area contributed by atoms with Crippen LogP contribution in [0.4, 0.5) is 0 Å². The van der Waals surface area contributed by atoms with Crippen LogP contribution in [-0.4, -0.2) is 35.6 Å². The van der Waals surface area contributed by atoms with Crippen LogP contribution in [0.2, 0.25) is 0 Å². The number of aromatic nitrogens is 2. The average molecular weight is 316 g/mol. The normalized spacial score (nSPS) is 21.4. The minimum absolute atomic E-state index is 0.335. The molecule has 1 fully saturated rings. The molecule has 102 valence electrons. The highest BCUT2D eigenvalue weighted by molar-refractivity contribution is 9.10. The number of hydrogen-bond donors (Lipinski definition) is 1. The monoisotopic (exact) mass is 315 g/mol. The molecule has 1 aliphatic heterocycles. The van der Waals surface area contributed by atoms with Gasteiger partial charge in [0, 0.05) is 26.1 Å². The van der Waals surface area contributed by atoms with Crippen molar-refractivity contribution in [2.24, 2.45) is 7.05 Å². The summed E-state index contributed by atoms with van der Waals surface area (Å²) in [6.45, 7) is 3.03. The second-order valence-electron chi connectivity index (χ2n) is 4.84. The quantitative estimate of drug-likeness (QED) is 0.904. The predicted molar refractivity (Wildman–Crippen MR) is 75.8 cm³/mol. The molecule has 0 aliphatic carbocycles. The molecule has 2 rings (SSSR count). The van der Waals surface area contributed by atoms with Crippen molar-refractivity contribution in [1.29, 1.82) is 0 Å². The van der Waals surface area contributed by atoms with E-state index in [4.69, 9.17) is 4.74 Å². The third-order valence-corrected chi connectivity index (χ3v) is 4.62. The maximum absolute atomic E-state index is 5.78. The van der Waals surface area contributed by atoms with Crippen molar-refractivity contribution in [3.05, 3.63) is 15.9 Å². The van der Waals surface area contributed by atoms with Crippen LogP contribution in [0, 0.1) is 0 Å². The molecule has 1 aromatic heterocycles. The first-order chi connectivity index (χ1) is 8.67. The maximum Gasteiger partial charge on any atom is 0.0766 e. The molecule has 0 aromatic carbocycles. The summed E-state index contributed by atoms with van der Waals surface area (Å²) in [6.07, 6.45) is 4.57. The van der Waals surface area contributed by atoms with Crippen LogP contribution in [0.5, 0.6) is 0 Å². The standard InChI is InChI=1S/C13H22BrN3O/c1-4-9-13(14)11(17(3)16-9)8-10(15-2)12-6-5-7-18-12/h10,12,15H,4-8H2,1-3H3. The molecule has 18 heavy (non-hydrogen) atoms. The molecular weight excluding hydrogens is 294 g/mol. The number of halogens is 1. The fraction of sp³-hybridized carbons (Fsp3) is 0.769. The van der Waals surface area contributed by atoms with E-state index in [1.165, 1.54) is 12.1 Å². The van der Waals surface area contributed by atoms with Gasteiger partial charge in [0.1, 0.15) is 0 Å². The van der Waals surface area contributed by atoms with Crippen LogP contribution < -0.4 is 5.32 Å². The number of hydrogen-bond acceptors (Lipinski definition) is 3. The van der Waals surface area contributed by atoms with Gasteiger partial charge < -0.3 is 10.1 Å². The fourth-order valence-electron chi connectivity index (χ4n) is 2.59. The summed E-state index contributed by atoms with van der Waals surface area (Å²) in [5.41, 5.74) is 2.39. The number of aryl methyl sites for hydroxylation is 2. The summed E-state index contributed by atoms with van der Waals surface area (Å²) in [7, 11) is 4.03. The minimum Gasteiger partial charge on any atom is -0.377 e. The summed E-state index contributed by atoms with van der Waals surface area (Å²) < 4.78 is 8.93. The zero-order chi connectivity index (χ0) is 13.1. The van der Waals surface area contributed by atoms with E-state index >= 15 is 0 Å². The summed E-state index contributed by atoms with van der Waals surface area (Å²) in [5.74, 6) is 0. The van der Waals surface area contributed by atoms with Gasteiger partial charge in [-0.05, 0) is 42.2 Å². The zero-order valence-electron chi connectivity index (χ0n) is 11.4. The molecule has 1 aliphatic rings. The topological polar surface area (TPSA) is 39.1 Å². The Morgan fingerprint density at radius 2 is 2.39 bits per heavy atom. The first-order valence-corrected chi connectivity index (χ1v) is 7.45. The Morgan fingerprint density at radius 3 is 2.89 bits per heavy atom. The van der Waals surface area contributed by atoms with Crippen molar-refractivity contribution in [3.8, 4) is 0 Å². The van der Waals surface area contributed by atoms with Gasteiger partial charge in [0.25, 0.3) is 0 Å². The molecule has 1 N–H and O–H groups in total. The van der Waals surface area contributed by atoms with E-state index in [2.05, 4.69) is 33.3 Å². The van der Waals surface area contributed by atoms with E-state index in [1.807, 2.05) is 18.8 Å². The molecule has 0 bridgehead atoms. The Kier molecular flexibility index (Phi) is 4.81. The van der Waals surface area contributed by atoms with Gasteiger partial charge in [-0.15, -0.1) is 0 Å². The highest BCUT2D eigenvalue weighted by Gasteiger charge is 2.27. The number of nitrogens with zero attached hydrogens (tertiary/aromatic N) is 2. The van der Waals surface area contributed by atoms with Crippen molar-refractivity contribution in [3.63, 3.8) is 0 Å². The van der Waals surface area contributed by atoms with Gasteiger partial charge in [0.05, 0.1) is 22.0 Å². The van der Waals surface area contributed by atoms with E-state index in [9.17, 15) is 0 Å². The highest BCUT2D eigenvalue weighted by atomic mass is 79.9.